The van der Waals surface area contributed by atoms with E-state index in [1.807, 2.05) is 18.4 Å². The van der Waals surface area contributed by atoms with Crippen molar-refractivity contribution in [2.45, 2.75) is 32.4 Å². The van der Waals surface area contributed by atoms with E-state index in [9.17, 15) is 9.59 Å². The smallest absolute Gasteiger partial charge is 0.326 e. The lowest BCUT2D eigenvalue weighted by molar-refractivity contribution is -0.139. The SMILES string of the molecule is CCC[C@@H](NC(=O)N(C)Cc1cc(Br)cs1)C(=O)O. The number of nitrogens with one attached hydrogen (secondary N) is 1. The van der Waals surface area contributed by atoms with Crippen molar-refractivity contribution in [3.63, 3.8) is 0 Å². The second-order valence-corrected chi connectivity index (χ2v) is 6.13. The first-order valence-corrected chi connectivity index (χ1v) is 7.58. The highest BCUT2D eigenvalue weighted by Crippen LogP contribution is 2.20. The van der Waals surface area contributed by atoms with Gasteiger partial charge >= 0.3 is 12.0 Å². The maximum Gasteiger partial charge on any atom is 0.326 e. The van der Waals surface area contributed by atoms with E-state index in [2.05, 4.69) is 21.2 Å². The molecular formula is C12H17BrN2O3S. The lowest BCUT2D eigenvalue weighted by Crippen LogP contribution is -2.46. The molecule has 0 aliphatic heterocycles. The minimum atomic E-state index is -0.998. The second-order valence-electron chi connectivity index (χ2n) is 4.22. The van der Waals surface area contributed by atoms with Crippen molar-refractivity contribution in [3.8, 4) is 0 Å². The molecule has 0 aliphatic rings. The molecule has 5 nitrogen and oxygen atoms in total. The summed E-state index contributed by atoms with van der Waals surface area (Å²) in [6.45, 7) is 2.34. The molecule has 0 radical (unpaired) electrons. The number of carboxylic acid groups (broad SMARTS) is 1. The van der Waals surface area contributed by atoms with Crippen LogP contribution in [0.2, 0.25) is 0 Å². The molecule has 0 aromatic carbocycles. The number of aliphatic carboxylic acids is 1. The van der Waals surface area contributed by atoms with E-state index in [1.54, 1.807) is 18.4 Å². The van der Waals surface area contributed by atoms with E-state index < -0.39 is 12.0 Å². The van der Waals surface area contributed by atoms with Crippen molar-refractivity contribution in [1.82, 2.24) is 10.2 Å². The van der Waals surface area contributed by atoms with Gasteiger partial charge in [-0.15, -0.1) is 11.3 Å². The molecule has 19 heavy (non-hydrogen) atoms. The fourth-order valence-corrected chi connectivity index (χ4v) is 3.05. The van der Waals surface area contributed by atoms with Crippen LogP contribution in [0.15, 0.2) is 15.9 Å². The average Bonchev–Trinajstić information content (AvgIpc) is 2.73. The van der Waals surface area contributed by atoms with Gasteiger partial charge in [0, 0.05) is 21.8 Å². The van der Waals surface area contributed by atoms with Gasteiger partial charge in [-0.05, 0) is 28.4 Å². The Bertz CT molecular complexity index is 450. The Kier molecular flexibility index (Phi) is 6.30. The van der Waals surface area contributed by atoms with Crippen LogP contribution in [0.25, 0.3) is 0 Å². The van der Waals surface area contributed by atoms with Crippen LogP contribution in [0, 0.1) is 0 Å². The van der Waals surface area contributed by atoms with Crippen LogP contribution < -0.4 is 5.32 Å². The number of amides is 2. The molecule has 0 fully saturated rings. The minimum Gasteiger partial charge on any atom is -0.480 e. The van der Waals surface area contributed by atoms with Gasteiger partial charge in [-0.3, -0.25) is 0 Å². The summed E-state index contributed by atoms with van der Waals surface area (Å²) in [7, 11) is 1.65. The molecular weight excluding hydrogens is 332 g/mol. The summed E-state index contributed by atoms with van der Waals surface area (Å²) in [5.74, 6) is -0.998. The number of halogens is 1. The van der Waals surface area contributed by atoms with Crippen molar-refractivity contribution in [1.29, 1.82) is 0 Å². The molecule has 2 N–H and O–H groups in total. The second kappa shape index (κ2) is 7.49. The summed E-state index contributed by atoms with van der Waals surface area (Å²) < 4.78 is 0.982. The minimum absolute atomic E-state index is 0.370. The van der Waals surface area contributed by atoms with Gasteiger partial charge in [-0.1, -0.05) is 13.3 Å². The molecule has 2 amide bonds. The van der Waals surface area contributed by atoms with E-state index in [1.165, 1.54) is 4.90 Å². The summed E-state index contributed by atoms with van der Waals surface area (Å²) in [6, 6.07) is 0.746. The van der Waals surface area contributed by atoms with Crippen LogP contribution in [0.5, 0.6) is 0 Å². The third-order valence-corrected chi connectivity index (χ3v) is 4.22. The lowest BCUT2D eigenvalue weighted by Gasteiger charge is -2.20. The number of carbonyl (C=O) groups excluding carboxylic acids is 1. The predicted molar refractivity (Wildman–Crippen MR) is 78.3 cm³/mol. The molecule has 0 saturated heterocycles. The lowest BCUT2D eigenvalue weighted by atomic mass is 10.2. The Labute approximate surface area is 124 Å². The topological polar surface area (TPSA) is 69.6 Å². The summed E-state index contributed by atoms with van der Waals surface area (Å²) in [6.07, 6.45) is 1.14. The van der Waals surface area contributed by atoms with Gasteiger partial charge in [0.05, 0.1) is 6.54 Å². The van der Waals surface area contributed by atoms with Gasteiger partial charge < -0.3 is 15.3 Å². The summed E-state index contributed by atoms with van der Waals surface area (Å²) in [4.78, 5) is 25.4. The van der Waals surface area contributed by atoms with Gasteiger partial charge in [-0.2, -0.15) is 0 Å². The van der Waals surface area contributed by atoms with E-state index in [0.29, 0.717) is 19.4 Å². The van der Waals surface area contributed by atoms with E-state index in [0.717, 1.165) is 9.35 Å². The molecule has 1 aromatic rings. The number of urea groups is 1. The van der Waals surface area contributed by atoms with Crippen molar-refractivity contribution < 1.29 is 14.7 Å². The number of thiophene rings is 1. The van der Waals surface area contributed by atoms with Gasteiger partial charge in [0.25, 0.3) is 0 Å². The molecule has 0 saturated carbocycles. The fraction of sp³-hybridized carbons (Fsp3) is 0.500. The van der Waals surface area contributed by atoms with Crippen molar-refractivity contribution in [2.75, 3.05) is 7.05 Å². The molecule has 0 unspecified atom stereocenters. The van der Waals surface area contributed by atoms with Crippen molar-refractivity contribution >= 4 is 39.3 Å². The zero-order valence-corrected chi connectivity index (χ0v) is 13.3. The third-order valence-electron chi connectivity index (χ3n) is 2.53. The summed E-state index contributed by atoms with van der Waals surface area (Å²) in [5.41, 5.74) is 0. The number of rotatable bonds is 6. The fourth-order valence-electron chi connectivity index (χ4n) is 1.55. The molecule has 1 atom stereocenters. The molecule has 1 heterocycles. The zero-order valence-electron chi connectivity index (χ0n) is 10.9. The number of hydrogen-bond acceptors (Lipinski definition) is 3. The summed E-state index contributed by atoms with van der Waals surface area (Å²) in [5, 5.41) is 13.5. The number of carboxylic acids is 1. The average molecular weight is 349 g/mol. The number of nitrogens with zero attached hydrogens (tertiary/aromatic N) is 1. The van der Waals surface area contributed by atoms with Gasteiger partial charge in [0.1, 0.15) is 6.04 Å². The van der Waals surface area contributed by atoms with Crippen LogP contribution >= 0.6 is 27.3 Å². The largest absolute Gasteiger partial charge is 0.480 e. The molecule has 1 rings (SSSR count). The van der Waals surface area contributed by atoms with E-state index in [-0.39, 0.29) is 6.03 Å². The van der Waals surface area contributed by atoms with Crippen LogP contribution in [0.3, 0.4) is 0 Å². The first-order valence-electron chi connectivity index (χ1n) is 5.91. The highest BCUT2D eigenvalue weighted by atomic mass is 79.9. The van der Waals surface area contributed by atoms with Crippen LogP contribution in [0.4, 0.5) is 4.79 Å². The van der Waals surface area contributed by atoms with Gasteiger partial charge in [0.2, 0.25) is 0 Å². The Morgan fingerprint density at radius 1 is 1.58 bits per heavy atom. The number of hydrogen-bond donors (Lipinski definition) is 2. The quantitative estimate of drug-likeness (QED) is 0.830. The number of carbonyl (C=O) groups is 2. The first-order chi connectivity index (χ1) is 8.93. The van der Waals surface area contributed by atoms with Gasteiger partial charge in [-0.25, -0.2) is 9.59 Å². The van der Waals surface area contributed by atoms with Crippen LogP contribution in [-0.2, 0) is 11.3 Å². The van der Waals surface area contributed by atoms with Crippen LogP contribution in [-0.4, -0.2) is 35.1 Å². The van der Waals surface area contributed by atoms with E-state index >= 15 is 0 Å². The maximum atomic E-state index is 11.9. The Balaban J connectivity index is 2.54. The molecule has 0 aliphatic carbocycles. The molecule has 0 spiro atoms. The highest BCUT2D eigenvalue weighted by Gasteiger charge is 2.20. The molecule has 0 bridgehead atoms. The standard InChI is InChI=1S/C12H17BrN2O3S/c1-3-4-10(11(16)17)14-12(18)15(2)6-9-5-8(13)7-19-9/h5,7,10H,3-4,6H2,1-2H3,(H,14,18)(H,16,17)/t10-/m1/s1. The normalized spacial score (nSPS) is 11.9. The monoisotopic (exact) mass is 348 g/mol. The summed E-state index contributed by atoms with van der Waals surface area (Å²) >= 11 is 4.90. The molecule has 7 heteroatoms. The van der Waals surface area contributed by atoms with E-state index in [4.69, 9.17) is 5.11 Å². The predicted octanol–water partition coefficient (Wildman–Crippen LogP) is 2.91. The Morgan fingerprint density at radius 3 is 2.74 bits per heavy atom. The van der Waals surface area contributed by atoms with Crippen molar-refractivity contribution in [2.24, 2.45) is 0 Å². The molecule has 106 valence electrons. The Morgan fingerprint density at radius 2 is 2.26 bits per heavy atom. The van der Waals surface area contributed by atoms with Crippen molar-refractivity contribution in [3.05, 3.63) is 20.8 Å². The maximum absolute atomic E-state index is 11.9. The molecule has 1 aromatic heterocycles. The van der Waals surface area contributed by atoms with Crippen LogP contribution in [0.1, 0.15) is 24.6 Å². The Hall–Kier alpha value is -1.08. The highest BCUT2D eigenvalue weighted by molar-refractivity contribution is 9.10. The first kappa shape index (κ1) is 16.0. The zero-order chi connectivity index (χ0) is 14.4. The van der Waals surface area contributed by atoms with Gasteiger partial charge in [0.15, 0.2) is 0 Å². The third kappa shape index (κ3) is 5.20.